The van der Waals surface area contributed by atoms with Crippen LogP contribution in [0.4, 0.5) is 0 Å². The second-order valence-electron chi connectivity index (χ2n) is 9.66. The Hall–Kier alpha value is -2.68. The summed E-state index contributed by atoms with van der Waals surface area (Å²) in [5.74, 6) is -3.48. The van der Waals surface area contributed by atoms with Gasteiger partial charge in [-0.05, 0) is 37.7 Å². The Balaban J connectivity index is 3.37. The Morgan fingerprint density at radius 1 is 1.03 bits per heavy atom. The number of ether oxygens (including phenoxy) is 1. The Labute approximate surface area is 209 Å². The molecule has 0 aromatic heterocycles. The van der Waals surface area contributed by atoms with Crippen molar-refractivity contribution in [2.45, 2.75) is 91.3 Å². The van der Waals surface area contributed by atoms with Crippen molar-refractivity contribution < 1.29 is 29.0 Å². The van der Waals surface area contributed by atoms with Crippen LogP contribution >= 0.6 is 0 Å². The van der Waals surface area contributed by atoms with E-state index in [1.54, 1.807) is 13.8 Å². The Morgan fingerprint density at radius 3 is 2.31 bits per heavy atom. The first-order valence-electron chi connectivity index (χ1n) is 12.6. The van der Waals surface area contributed by atoms with Crippen molar-refractivity contribution in [1.82, 2.24) is 16.0 Å². The van der Waals surface area contributed by atoms with E-state index in [9.17, 15) is 24.3 Å². The van der Waals surface area contributed by atoms with Gasteiger partial charge in [0, 0.05) is 18.4 Å². The number of cyclic esters (lactones) is 1. The zero-order valence-electron chi connectivity index (χ0n) is 21.8. The predicted molar refractivity (Wildman–Crippen MR) is 134 cm³/mol. The van der Waals surface area contributed by atoms with Gasteiger partial charge in [0.2, 0.25) is 17.7 Å². The van der Waals surface area contributed by atoms with Crippen molar-refractivity contribution in [3.05, 3.63) is 24.4 Å². The molecule has 1 heterocycles. The minimum Gasteiger partial charge on any atom is -0.460 e. The summed E-state index contributed by atoms with van der Waals surface area (Å²) in [6, 6.07) is -1.87. The van der Waals surface area contributed by atoms with E-state index in [2.05, 4.69) is 29.5 Å². The highest BCUT2D eigenvalue weighted by Gasteiger charge is 2.38. The number of amides is 3. The summed E-state index contributed by atoms with van der Waals surface area (Å²) >= 11 is 0. The molecule has 1 rings (SSSR count). The van der Waals surface area contributed by atoms with Crippen LogP contribution in [0, 0.1) is 17.8 Å². The predicted octanol–water partition coefficient (Wildman–Crippen LogP) is 2.35. The van der Waals surface area contributed by atoms with Gasteiger partial charge >= 0.3 is 5.97 Å². The van der Waals surface area contributed by atoms with E-state index in [4.69, 9.17) is 4.74 Å². The van der Waals surface area contributed by atoms with Gasteiger partial charge in [-0.3, -0.25) is 14.4 Å². The molecule has 0 radical (unpaired) electrons. The quantitative estimate of drug-likeness (QED) is 0.288. The summed E-state index contributed by atoms with van der Waals surface area (Å²) in [6.07, 6.45) is 6.64. The molecule has 0 unspecified atom stereocenters. The fourth-order valence-corrected chi connectivity index (χ4v) is 4.02. The van der Waals surface area contributed by atoms with Crippen molar-refractivity contribution in [1.29, 1.82) is 0 Å². The monoisotopic (exact) mass is 493 g/mol. The third-order valence-electron chi connectivity index (χ3n) is 6.19. The number of aliphatic hydroxyl groups excluding tert-OH is 1. The zero-order valence-corrected chi connectivity index (χ0v) is 21.8. The molecule has 0 saturated heterocycles. The van der Waals surface area contributed by atoms with Crippen molar-refractivity contribution in [3.8, 4) is 0 Å². The number of carbonyl (C=O) groups excluding carboxylic acids is 4. The lowest BCUT2D eigenvalue weighted by molar-refractivity contribution is -0.162. The molecule has 0 aromatic carbocycles. The lowest BCUT2D eigenvalue weighted by Crippen LogP contribution is -2.53. The molecule has 0 spiro atoms. The van der Waals surface area contributed by atoms with E-state index in [0.29, 0.717) is 0 Å². The third kappa shape index (κ3) is 10.2. The second-order valence-corrected chi connectivity index (χ2v) is 9.66. The van der Waals surface area contributed by atoms with E-state index >= 15 is 0 Å². The van der Waals surface area contributed by atoms with Crippen LogP contribution in [0.2, 0.25) is 0 Å². The number of nitrogens with one attached hydrogen (secondary N) is 3. The molecule has 0 aromatic rings. The maximum absolute atomic E-state index is 13.3. The van der Waals surface area contributed by atoms with Crippen LogP contribution in [0.25, 0.3) is 0 Å². The number of hydrogen-bond acceptors (Lipinski definition) is 6. The molecule has 4 N–H and O–H groups in total. The van der Waals surface area contributed by atoms with E-state index in [0.717, 1.165) is 32.1 Å². The van der Waals surface area contributed by atoms with Gasteiger partial charge in [0.25, 0.3) is 0 Å². The van der Waals surface area contributed by atoms with Gasteiger partial charge in [-0.15, -0.1) is 0 Å². The highest BCUT2D eigenvalue weighted by atomic mass is 16.5. The van der Waals surface area contributed by atoms with Crippen LogP contribution in [0.1, 0.15) is 73.1 Å². The lowest BCUT2D eigenvalue weighted by atomic mass is 9.85. The maximum atomic E-state index is 13.3. The first kappa shape index (κ1) is 30.4. The third-order valence-corrected chi connectivity index (χ3v) is 6.19. The summed E-state index contributed by atoms with van der Waals surface area (Å²) in [7, 11) is 0. The van der Waals surface area contributed by atoms with Crippen molar-refractivity contribution in [2.24, 2.45) is 17.8 Å². The highest BCUT2D eigenvalue weighted by molar-refractivity contribution is 5.94. The largest absolute Gasteiger partial charge is 0.460 e. The minimum atomic E-state index is -0.967. The van der Waals surface area contributed by atoms with Gasteiger partial charge in [0.05, 0.1) is 5.92 Å². The molecule has 35 heavy (non-hydrogen) atoms. The molecule has 0 fully saturated rings. The standard InChI is InChI=1S/C26H43N3O6/c1-7-8-9-10-11-17(4)23-20(14-15-30)25(33)27-18(5)12-13-21(31)28-19(6)24(32)29-22(16(2)3)26(34)35-23/h12-13,16-17,19-20,22-23,30H,5,7-11,14-15H2,1-4,6H3,(H,27,33)(H,28,31)(H,29,32)/b13-12+/t17-,19-,20+,22+,23+/m0/s1. The number of rotatable bonds is 9. The molecule has 1 aliphatic rings. The topological polar surface area (TPSA) is 134 Å². The summed E-state index contributed by atoms with van der Waals surface area (Å²) in [4.78, 5) is 51.3. The molecule has 9 heteroatoms. The van der Waals surface area contributed by atoms with Crippen LogP contribution in [0.3, 0.4) is 0 Å². The highest BCUT2D eigenvalue weighted by Crippen LogP contribution is 2.27. The summed E-state index contributed by atoms with van der Waals surface area (Å²) in [5, 5.41) is 17.5. The molecular weight excluding hydrogens is 450 g/mol. The number of aliphatic hydroxyl groups is 1. The molecule has 0 saturated carbocycles. The van der Waals surface area contributed by atoms with Crippen LogP contribution in [-0.4, -0.2) is 53.6 Å². The van der Waals surface area contributed by atoms with Gasteiger partial charge in [-0.2, -0.15) is 0 Å². The van der Waals surface area contributed by atoms with E-state index in [1.807, 2.05) is 6.92 Å². The van der Waals surface area contributed by atoms with Crippen LogP contribution in [-0.2, 0) is 23.9 Å². The average Bonchev–Trinajstić information content (AvgIpc) is 2.79. The molecule has 3 amide bonds. The SMILES string of the molecule is C=C1/C=C/C(=O)N[C@@H](C)C(=O)N[C@H](C(C)C)C(=O)O[C@H]([C@@H](C)CCCCCC)[C@@H](CCO)C(=O)N1. The lowest BCUT2D eigenvalue weighted by Gasteiger charge is -2.33. The number of carbonyl (C=O) groups is 4. The van der Waals surface area contributed by atoms with E-state index in [1.165, 1.54) is 19.1 Å². The molecule has 5 atom stereocenters. The van der Waals surface area contributed by atoms with Crippen LogP contribution in [0.15, 0.2) is 24.4 Å². The second kappa shape index (κ2) is 15.3. The van der Waals surface area contributed by atoms with Crippen molar-refractivity contribution in [2.75, 3.05) is 6.61 Å². The summed E-state index contributed by atoms with van der Waals surface area (Å²) < 4.78 is 5.93. The molecule has 1 aliphatic heterocycles. The van der Waals surface area contributed by atoms with Gasteiger partial charge in [-0.25, -0.2) is 4.79 Å². The van der Waals surface area contributed by atoms with Crippen LogP contribution in [0.5, 0.6) is 0 Å². The van der Waals surface area contributed by atoms with E-state index in [-0.39, 0.29) is 30.6 Å². The molecule has 9 nitrogen and oxygen atoms in total. The molecule has 198 valence electrons. The Kier molecular flexibility index (Phi) is 13.3. The van der Waals surface area contributed by atoms with Gasteiger partial charge in [0.15, 0.2) is 0 Å². The number of hydrogen-bond donors (Lipinski definition) is 4. The van der Waals surface area contributed by atoms with Crippen LogP contribution < -0.4 is 16.0 Å². The first-order chi connectivity index (χ1) is 16.5. The summed E-state index contributed by atoms with van der Waals surface area (Å²) in [6.45, 7) is 12.6. The van der Waals surface area contributed by atoms with Gasteiger partial charge in [-0.1, -0.05) is 60.0 Å². The Bertz CT molecular complexity index is 779. The number of allylic oxidation sites excluding steroid dienone is 1. The molecule has 0 bridgehead atoms. The van der Waals surface area contributed by atoms with Crippen molar-refractivity contribution in [3.63, 3.8) is 0 Å². The summed E-state index contributed by atoms with van der Waals surface area (Å²) in [5.41, 5.74) is 0.167. The average molecular weight is 494 g/mol. The Morgan fingerprint density at radius 2 is 1.71 bits per heavy atom. The maximum Gasteiger partial charge on any atom is 0.329 e. The molecular formula is C26H43N3O6. The van der Waals surface area contributed by atoms with E-state index < -0.39 is 47.8 Å². The fourth-order valence-electron chi connectivity index (χ4n) is 4.02. The van der Waals surface area contributed by atoms with Gasteiger partial charge in [0.1, 0.15) is 18.2 Å². The van der Waals surface area contributed by atoms with Crippen molar-refractivity contribution >= 4 is 23.7 Å². The first-order valence-corrected chi connectivity index (χ1v) is 12.6. The minimum absolute atomic E-state index is 0.0797. The molecule has 0 aliphatic carbocycles. The number of unbranched alkanes of at least 4 members (excludes halogenated alkanes) is 3. The van der Waals surface area contributed by atoms with Gasteiger partial charge < -0.3 is 25.8 Å². The zero-order chi connectivity index (χ0) is 26.5. The fraction of sp³-hybridized carbons (Fsp3) is 0.692. The number of esters is 1. The smallest absolute Gasteiger partial charge is 0.329 e. The normalized spacial score (nSPS) is 26.7.